The van der Waals surface area contributed by atoms with Crippen molar-refractivity contribution in [1.82, 2.24) is 10.3 Å². The van der Waals surface area contributed by atoms with E-state index in [2.05, 4.69) is 10.3 Å². The number of halogens is 3. The van der Waals surface area contributed by atoms with E-state index >= 15 is 0 Å². The molecule has 0 aliphatic carbocycles. The Kier molecular flexibility index (Phi) is 5.41. The van der Waals surface area contributed by atoms with Gasteiger partial charge in [-0.3, -0.25) is 4.98 Å². The molecule has 1 aromatic heterocycles. The van der Waals surface area contributed by atoms with Crippen molar-refractivity contribution in [2.45, 2.75) is 38.4 Å². The summed E-state index contributed by atoms with van der Waals surface area (Å²) in [6, 6.07) is 3.91. The summed E-state index contributed by atoms with van der Waals surface area (Å²) in [7, 11) is 0. The number of alkyl halides is 3. The first-order valence-electron chi connectivity index (χ1n) is 5.69. The summed E-state index contributed by atoms with van der Waals surface area (Å²) in [4.78, 5) is 3.99. The Morgan fingerprint density at radius 1 is 1.35 bits per heavy atom. The van der Waals surface area contributed by atoms with E-state index in [0.29, 0.717) is 13.0 Å². The minimum Gasteiger partial charge on any atom is -0.310 e. The summed E-state index contributed by atoms with van der Waals surface area (Å²) < 4.78 is 35.6. The van der Waals surface area contributed by atoms with Crippen molar-refractivity contribution >= 4 is 0 Å². The molecule has 1 unspecified atom stereocenters. The minimum atomic E-state index is -4.03. The van der Waals surface area contributed by atoms with Gasteiger partial charge in [-0.05, 0) is 37.9 Å². The average Bonchev–Trinajstić information content (AvgIpc) is 2.28. The largest absolute Gasteiger partial charge is 0.389 e. The Balaban J connectivity index is 2.15. The van der Waals surface area contributed by atoms with Crippen molar-refractivity contribution in [1.29, 1.82) is 0 Å². The molecule has 2 nitrogen and oxygen atoms in total. The van der Waals surface area contributed by atoms with Gasteiger partial charge in [0.15, 0.2) is 0 Å². The second-order valence-electron chi connectivity index (χ2n) is 4.03. The molecule has 5 heteroatoms. The second-order valence-corrected chi connectivity index (χ2v) is 4.03. The molecular formula is C12H17F3N2. The van der Waals surface area contributed by atoms with Crippen LogP contribution in [0.4, 0.5) is 13.2 Å². The molecule has 1 N–H and O–H groups in total. The highest BCUT2D eigenvalue weighted by molar-refractivity contribution is 5.12. The molecule has 1 atom stereocenters. The standard InChI is InChI=1S/C12H17F3N2/c1-10(11-5-4-7-16-9-11)17-8-3-2-6-12(13,14)15/h4-5,7,9-10,17H,2-3,6,8H2,1H3. The third-order valence-corrected chi connectivity index (χ3v) is 2.52. The molecule has 96 valence electrons. The fourth-order valence-electron chi connectivity index (χ4n) is 1.52. The number of nitrogens with one attached hydrogen (secondary N) is 1. The number of hydrogen-bond acceptors (Lipinski definition) is 2. The fraction of sp³-hybridized carbons (Fsp3) is 0.583. The zero-order valence-corrected chi connectivity index (χ0v) is 9.80. The van der Waals surface area contributed by atoms with Crippen LogP contribution in [0.2, 0.25) is 0 Å². The number of rotatable bonds is 6. The first kappa shape index (κ1) is 14.0. The van der Waals surface area contributed by atoms with E-state index in [-0.39, 0.29) is 12.5 Å². The lowest BCUT2D eigenvalue weighted by atomic mass is 10.1. The maximum Gasteiger partial charge on any atom is 0.389 e. The molecule has 1 aromatic rings. The van der Waals surface area contributed by atoms with Crippen LogP contribution in [0.3, 0.4) is 0 Å². The number of aromatic nitrogens is 1. The lowest BCUT2D eigenvalue weighted by Gasteiger charge is -2.13. The Labute approximate surface area is 99.3 Å². The molecule has 1 heterocycles. The Hall–Kier alpha value is -1.10. The average molecular weight is 246 g/mol. The molecule has 0 amide bonds. The number of unbranched alkanes of at least 4 members (excludes halogenated alkanes) is 1. The highest BCUT2D eigenvalue weighted by Crippen LogP contribution is 2.22. The Bertz CT molecular complexity index is 311. The van der Waals surface area contributed by atoms with Gasteiger partial charge < -0.3 is 5.32 Å². The van der Waals surface area contributed by atoms with E-state index in [1.165, 1.54) is 0 Å². The molecule has 0 aliphatic rings. The van der Waals surface area contributed by atoms with Gasteiger partial charge in [0.25, 0.3) is 0 Å². The van der Waals surface area contributed by atoms with Crippen molar-refractivity contribution in [3.05, 3.63) is 30.1 Å². The molecule has 0 fully saturated rings. The zero-order chi connectivity index (χ0) is 12.7. The first-order chi connectivity index (χ1) is 7.99. The molecule has 0 bridgehead atoms. The van der Waals surface area contributed by atoms with Crippen molar-refractivity contribution < 1.29 is 13.2 Å². The van der Waals surface area contributed by atoms with Crippen molar-refractivity contribution in [2.24, 2.45) is 0 Å². The fourth-order valence-corrected chi connectivity index (χ4v) is 1.52. The van der Waals surface area contributed by atoms with Crippen LogP contribution >= 0.6 is 0 Å². The van der Waals surface area contributed by atoms with Crippen LogP contribution in [0.15, 0.2) is 24.5 Å². The van der Waals surface area contributed by atoms with Crippen LogP contribution in [-0.2, 0) is 0 Å². The van der Waals surface area contributed by atoms with Gasteiger partial charge in [-0.1, -0.05) is 6.07 Å². The van der Waals surface area contributed by atoms with Crippen molar-refractivity contribution in [3.63, 3.8) is 0 Å². The summed E-state index contributed by atoms with van der Waals surface area (Å²) in [6.07, 6.45) is -0.571. The van der Waals surface area contributed by atoms with Crippen LogP contribution in [0.5, 0.6) is 0 Å². The SMILES string of the molecule is CC(NCCCCC(F)(F)F)c1cccnc1. The molecule has 17 heavy (non-hydrogen) atoms. The monoisotopic (exact) mass is 246 g/mol. The topological polar surface area (TPSA) is 24.9 Å². The van der Waals surface area contributed by atoms with Gasteiger partial charge in [0.05, 0.1) is 0 Å². The number of nitrogens with zero attached hydrogens (tertiary/aromatic N) is 1. The minimum absolute atomic E-state index is 0.120. The van der Waals surface area contributed by atoms with Gasteiger partial charge in [-0.15, -0.1) is 0 Å². The molecule has 0 radical (unpaired) electrons. The molecular weight excluding hydrogens is 229 g/mol. The molecule has 0 aromatic carbocycles. The van der Waals surface area contributed by atoms with Gasteiger partial charge >= 0.3 is 6.18 Å². The lowest BCUT2D eigenvalue weighted by Crippen LogP contribution is -2.20. The lowest BCUT2D eigenvalue weighted by molar-refractivity contribution is -0.135. The molecule has 0 aliphatic heterocycles. The number of pyridine rings is 1. The van der Waals surface area contributed by atoms with Gasteiger partial charge in [-0.25, -0.2) is 0 Å². The van der Waals surface area contributed by atoms with Crippen LogP contribution in [0.25, 0.3) is 0 Å². The summed E-state index contributed by atoms with van der Waals surface area (Å²) >= 11 is 0. The van der Waals surface area contributed by atoms with Crippen LogP contribution in [0.1, 0.15) is 37.8 Å². The molecule has 1 rings (SSSR count). The molecule has 0 saturated carbocycles. The third-order valence-electron chi connectivity index (χ3n) is 2.52. The second kappa shape index (κ2) is 6.59. The van der Waals surface area contributed by atoms with Gasteiger partial charge in [0.2, 0.25) is 0 Å². The predicted molar refractivity (Wildman–Crippen MR) is 60.6 cm³/mol. The van der Waals surface area contributed by atoms with Crippen molar-refractivity contribution in [3.8, 4) is 0 Å². The van der Waals surface area contributed by atoms with Crippen LogP contribution in [-0.4, -0.2) is 17.7 Å². The van der Waals surface area contributed by atoms with Gasteiger partial charge in [0, 0.05) is 24.9 Å². The van der Waals surface area contributed by atoms with E-state index < -0.39 is 12.6 Å². The Morgan fingerprint density at radius 3 is 2.71 bits per heavy atom. The van der Waals surface area contributed by atoms with Crippen molar-refractivity contribution in [2.75, 3.05) is 6.54 Å². The predicted octanol–water partition coefficient (Wildman–Crippen LogP) is 3.46. The maximum atomic E-state index is 11.9. The normalized spacial score (nSPS) is 13.6. The van der Waals surface area contributed by atoms with Gasteiger partial charge in [-0.2, -0.15) is 13.2 Å². The maximum absolute atomic E-state index is 11.9. The highest BCUT2D eigenvalue weighted by Gasteiger charge is 2.25. The first-order valence-corrected chi connectivity index (χ1v) is 5.69. The molecule has 0 saturated heterocycles. The summed E-state index contributed by atoms with van der Waals surface area (Å²) in [6.45, 7) is 2.56. The quantitative estimate of drug-likeness (QED) is 0.777. The van der Waals surface area contributed by atoms with E-state index in [1.807, 2.05) is 19.1 Å². The van der Waals surface area contributed by atoms with E-state index in [9.17, 15) is 13.2 Å². The summed E-state index contributed by atoms with van der Waals surface area (Å²) in [5, 5.41) is 3.18. The highest BCUT2D eigenvalue weighted by atomic mass is 19.4. The van der Waals surface area contributed by atoms with E-state index in [4.69, 9.17) is 0 Å². The van der Waals surface area contributed by atoms with Crippen LogP contribution in [0, 0.1) is 0 Å². The summed E-state index contributed by atoms with van der Waals surface area (Å²) in [5.41, 5.74) is 1.04. The zero-order valence-electron chi connectivity index (χ0n) is 9.80. The Morgan fingerprint density at radius 2 is 2.12 bits per heavy atom. The number of hydrogen-bond donors (Lipinski definition) is 1. The smallest absolute Gasteiger partial charge is 0.310 e. The van der Waals surface area contributed by atoms with E-state index in [1.54, 1.807) is 12.4 Å². The molecule has 0 spiro atoms. The van der Waals surface area contributed by atoms with Crippen LogP contribution < -0.4 is 5.32 Å². The van der Waals surface area contributed by atoms with Gasteiger partial charge in [0.1, 0.15) is 0 Å². The van der Waals surface area contributed by atoms with E-state index in [0.717, 1.165) is 5.56 Å². The third kappa shape index (κ3) is 6.26. The summed E-state index contributed by atoms with van der Waals surface area (Å²) in [5.74, 6) is 0.